The van der Waals surface area contributed by atoms with Gasteiger partial charge in [0.15, 0.2) is 5.13 Å². The first-order valence-electron chi connectivity index (χ1n) is 5.89. The van der Waals surface area contributed by atoms with Crippen molar-refractivity contribution in [1.82, 2.24) is 4.98 Å². The Bertz CT molecular complexity index is 668. The number of benzene rings is 1. The number of nitrogens with two attached hydrogens (primary N) is 1. The van der Waals surface area contributed by atoms with Gasteiger partial charge in [-0.15, -0.1) is 0 Å². The van der Waals surface area contributed by atoms with Gasteiger partial charge in [0, 0.05) is 17.4 Å². The van der Waals surface area contributed by atoms with Gasteiger partial charge in [0.05, 0.1) is 11.4 Å². The molecule has 0 saturated carbocycles. The molecule has 98 valence electrons. The molecule has 19 heavy (non-hydrogen) atoms. The minimum Gasteiger partial charge on any atom is -0.375 e. The molecule has 1 aliphatic rings. The highest BCUT2D eigenvalue weighted by Crippen LogP contribution is 2.33. The Labute approximate surface area is 123 Å². The van der Waals surface area contributed by atoms with Crippen molar-refractivity contribution in [2.75, 3.05) is 17.2 Å². The number of halogens is 1. The van der Waals surface area contributed by atoms with E-state index in [1.807, 2.05) is 25.1 Å². The first kappa shape index (κ1) is 12.6. The number of carbonyl (C=O) groups is 1. The maximum atomic E-state index is 12.5. The van der Waals surface area contributed by atoms with Crippen LogP contribution >= 0.6 is 27.3 Å². The van der Waals surface area contributed by atoms with Gasteiger partial charge < -0.3 is 10.6 Å². The first-order valence-corrected chi connectivity index (χ1v) is 7.50. The van der Waals surface area contributed by atoms with Crippen molar-refractivity contribution in [3.05, 3.63) is 38.8 Å². The quantitative estimate of drug-likeness (QED) is 0.870. The van der Waals surface area contributed by atoms with Crippen molar-refractivity contribution in [2.24, 2.45) is 0 Å². The summed E-state index contributed by atoms with van der Waals surface area (Å²) in [5.74, 6) is -0.0139. The standard InChI is InChI=1S/C13H12BrN3OS/c1-7-2-3-10(8(14)6-7)17-5-4-9-11(12(17)18)19-13(15)16-9/h2-3,6H,4-5H2,1H3,(H2,15,16). The number of hydrogen-bond acceptors (Lipinski definition) is 4. The second-order valence-electron chi connectivity index (χ2n) is 4.49. The predicted octanol–water partition coefficient (Wildman–Crippen LogP) is 3.00. The molecule has 1 aliphatic heterocycles. The largest absolute Gasteiger partial charge is 0.375 e. The number of anilines is 2. The summed E-state index contributed by atoms with van der Waals surface area (Å²) in [5, 5.41) is 0.461. The zero-order valence-electron chi connectivity index (χ0n) is 10.3. The van der Waals surface area contributed by atoms with Crippen LogP contribution in [0.3, 0.4) is 0 Å². The van der Waals surface area contributed by atoms with Crippen molar-refractivity contribution in [3.63, 3.8) is 0 Å². The number of fused-ring (bicyclic) bond motifs is 1. The lowest BCUT2D eigenvalue weighted by molar-refractivity contribution is 0.0984. The average Bonchev–Trinajstić information content (AvgIpc) is 2.73. The second-order valence-corrected chi connectivity index (χ2v) is 6.37. The number of nitrogen functional groups attached to an aromatic ring is 1. The molecule has 1 amide bonds. The van der Waals surface area contributed by atoms with Crippen molar-refractivity contribution in [3.8, 4) is 0 Å². The van der Waals surface area contributed by atoms with Gasteiger partial charge in [-0.2, -0.15) is 0 Å². The summed E-state index contributed by atoms with van der Waals surface area (Å²) < 4.78 is 0.932. The van der Waals surface area contributed by atoms with Crippen LogP contribution in [-0.4, -0.2) is 17.4 Å². The molecule has 0 saturated heterocycles. The molecule has 0 aliphatic carbocycles. The predicted molar refractivity (Wildman–Crippen MR) is 80.8 cm³/mol. The maximum Gasteiger partial charge on any atom is 0.270 e. The minimum atomic E-state index is -0.0139. The van der Waals surface area contributed by atoms with Crippen LogP contribution < -0.4 is 10.6 Å². The molecule has 6 heteroatoms. The van der Waals surface area contributed by atoms with Gasteiger partial charge in [-0.05, 0) is 40.5 Å². The van der Waals surface area contributed by atoms with Gasteiger partial charge in [0.1, 0.15) is 4.88 Å². The summed E-state index contributed by atoms with van der Waals surface area (Å²) in [5.41, 5.74) is 8.56. The third kappa shape index (κ3) is 2.15. The van der Waals surface area contributed by atoms with E-state index in [1.54, 1.807) is 4.90 Å². The van der Waals surface area contributed by atoms with Crippen LogP contribution in [0.1, 0.15) is 20.9 Å². The molecule has 3 rings (SSSR count). The zero-order valence-corrected chi connectivity index (χ0v) is 12.7. The van der Waals surface area contributed by atoms with Gasteiger partial charge in [-0.25, -0.2) is 4.98 Å². The van der Waals surface area contributed by atoms with E-state index < -0.39 is 0 Å². The summed E-state index contributed by atoms with van der Waals surface area (Å²) in [6, 6.07) is 5.98. The van der Waals surface area contributed by atoms with E-state index in [-0.39, 0.29) is 5.91 Å². The van der Waals surface area contributed by atoms with Crippen LogP contribution in [0.15, 0.2) is 22.7 Å². The van der Waals surface area contributed by atoms with Crippen LogP contribution in [-0.2, 0) is 6.42 Å². The third-order valence-corrected chi connectivity index (χ3v) is 4.67. The monoisotopic (exact) mass is 337 g/mol. The first-order chi connectivity index (χ1) is 9.06. The smallest absolute Gasteiger partial charge is 0.270 e. The van der Waals surface area contributed by atoms with Crippen molar-refractivity contribution < 1.29 is 4.79 Å². The lowest BCUT2D eigenvalue weighted by atomic mass is 10.1. The van der Waals surface area contributed by atoms with Crippen LogP contribution in [0, 0.1) is 6.92 Å². The fourth-order valence-corrected chi connectivity index (χ4v) is 3.74. The van der Waals surface area contributed by atoms with Crippen molar-refractivity contribution in [2.45, 2.75) is 13.3 Å². The van der Waals surface area contributed by atoms with Gasteiger partial charge in [-0.3, -0.25) is 4.79 Å². The summed E-state index contributed by atoms with van der Waals surface area (Å²) in [6.07, 6.45) is 0.745. The number of aryl methyl sites for hydroxylation is 1. The number of hydrogen-bond donors (Lipinski definition) is 1. The third-order valence-electron chi connectivity index (χ3n) is 3.12. The zero-order chi connectivity index (χ0) is 13.6. The van der Waals surface area contributed by atoms with Crippen molar-refractivity contribution >= 4 is 44.0 Å². The van der Waals surface area contributed by atoms with Gasteiger partial charge >= 0.3 is 0 Å². The molecule has 0 spiro atoms. The number of rotatable bonds is 1. The number of thiazole rings is 1. The van der Waals surface area contributed by atoms with E-state index in [2.05, 4.69) is 20.9 Å². The van der Waals surface area contributed by atoms with Gasteiger partial charge in [0.25, 0.3) is 5.91 Å². The molecule has 2 N–H and O–H groups in total. The van der Waals surface area contributed by atoms with Gasteiger partial charge in [0.2, 0.25) is 0 Å². The average molecular weight is 338 g/mol. The van der Waals surface area contributed by atoms with Crippen LogP contribution in [0.25, 0.3) is 0 Å². The summed E-state index contributed by atoms with van der Waals surface area (Å²) in [6.45, 7) is 2.66. The number of nitrogens with zero attached hydrogens (tertiary/aromatic N) is 2. The molecule has 2 heterocycles. The molecule has 0 bridgehead atoms. The van der Waals surface area contributed by atoms with E-state index in [0.717, 1.165) is 27.8 Å². The maximum absolute atomic E-state index is 12.5. The number of amides is 1. The highest BCUT2D eigenvalue weighted by Gasteiger charge is 2.29. The Morgan fingerprint density at radius 2 is 2.26 bits per heavy atom. The molecule has 4 nitrogen and oxygen atoms in total. The highest BCUT2D eigenvalue weighted by atomic mass is 79.9. The molecule has 0 radical (unpaired) electrons. The second kappa shape index (κ2) is 4.61. The summed E-state index contributed by atoms with van der Waals surface area (Å²) >= 11 is 4.79. The SMILES string of the molecule is Cc1ccc(N2CCc3nc(N)sc3C2=O)c(Br)c1. The van der Waals surface area contributed by atoms with E-state index in [1.165, 1.54) is 11.3 Å². The molecule has 2 aromatic rings. The Morgan fingerprint density at radius 1 is 1.47 bits per heavy atom. The van der Waals surface area contributed by atoms with Crippen LogP contribution in [0.4, 0.5) is 10.8 Å². The van der Waals surface area contributed by atoms with E-state index in [9.17, 15) is 4.79 Å². The summed E-state index contributed by atoms with van der Waals surface area (Å²) in [4.78, 5) is 19.1. The molecule has 0 atom stereocenters. The van der Waals surface area contributed by atoms with E-state index in [4.69, 9.17) is 5.73 Å². The lowest BCUT2D eigenvalue weighted by Gasteiger charge is -2.27. The number of carbonyl (C=O) groups excluding carboxylic acids is 1. The van der Waals surface area contributed by atoms with Crippen LogP contribution in [0.5, 0.6) is 0 Å². The van der Waals surface area contributed by atoms with Gasteiger partial charge in [-0.1, -0.05) is 17.4 Å². The van der Waals surface area contributed by atoms with E-state index in [0.29, 0.717) is 16.6 Å². The normalized spacial score (nSPS) is 14.6. The number of aromatic nitrogens is 1. The minimum absolute atomic E-state index is 0.0139. The molecular formula is C13H12BrN3OS. The van der Waals surface area contributed by atoms with Crippen LogP contribution in [0.2, 0.25) is 0 Å². The fourth-order valence-electron chi connectivity index (χ4n) is 2.21. The fraction of sp³-hybridized carbons (Fsp3) is 0.231. The topological polar surface area (TPSA) is 59.2 Å². The molecule has 0 unspecified atom stereocenters. The highest BCUT2D eigenvalue weighted by molar-refractivity contribution is 9.10. The Kier molecular flexibility index (Phi) is 3.06. The van der Waals surface area contributed by atoms with E-state index >= 15 is 0 Å². The Balaban J connectivity index is 2.02. The molecular weight excluding hydrogens is 326 g/mol. The molecule has 1 aromatic carbocycles. The molecule has 0 fully saturated rings. The van der Waals surface area contributed by atoms with Crippen molar-refractivity contribution in [1.29, 1.82) is 0 Å². The molecule has 1 aromatic heterocycles. The Morgan fingerprint density at radius 3 is 3.00 bits per heavy atom. The summed E-state index contributed by atoms with van der Waals surface area (Å²) in [7, 11) is 0. The lowest BCUT2D eigenvalue weighted by Crippen LogP contribution is -2.37. The Hall–Kier alpha value is -1.40.